The fraction of sp³-hybridized carbons (Fsp3) is 0.458. The van der Waals surface area contributed by atoms with Gasteiger partial charge in [0.2, 0.25) is 15.9 Å². The largest absolute Gasteiger partial charge is 0.497 e. The Morgan fingerprint density at radius 3 is 2.47 bits per heavy atom. The first-order valence-electron chi connectivity index (χ1n) is 11.1. The first kappa shape index (κ1) is 22.8. The molecule has 0 saturated carbocycles. The fourth-order valence-corrected chi connectivity index (χ4v) is 5.78. The zero-order chi connectivity index (χ0) is 22.6. The van der Waals surface area contributed by atoms with E-state index in [-0.39, 0.29) is 12.5 Å². The zero-order valence-electron chi connectivity index (χ0n) is 18.5. The Morgan fingerprint density at radius 1 is 0.969 bits per heavy atom. The van der Waals surface area contributed by atoms with Gasteiger partial charge < -0.3 is 14.4 Å². The van der Waals surface area contributed by atoms with Crippen LogP contribution in [0.5, 0.6) is 5.75 Å². The van der Waals surface area contributed by atoms with Gasteiger partial charge in [-0.2, -0.15) is 4.31 Å². The standard InChI is InChI=1S/C24H30N2O5S/c1-30-22-8-4-5-19(15-22)17-31-18-24(27)25-11-13-26(14-12-25)32(28,29)23-10-9-20-6-2-3-7-21(20)16-23/h4-5,8-10,15-16H,2-3,6-7,11-14,17-18H2,1H3. The van der Waals surface area contributed by atoms with Gasteiger partial charge in [0.05, 0.1) is 18.6 Å². The van der Waals surface area contributed by atoms with Gasteiger partial charge in [-0.25, -0.2) is 8.42 Å². The third-order valence-electron chi connectivity index (χ3n) is 6.18. The normalized spacial score (nSPS) is 17.1. The van der Waals surface area contributed by atoms with E-state index in [0.29, 0.717) is 37.7 Å². The topological polar surface area (TPSA) is 76.2 Å². The van der Waals surface area contributed by atoms with Gasteiger partial charge in [-0.1, -0.05) is 18.2 Å². The average molecular weight is 459 g/mol. The van der Waals surface area contributed by atoms with Gasteiger partial charge in [-0.3, -0.25) is 4.79 Å². The third-order valence-corrected chi connectivity index (χ3v) is 8.07. The smallest absolute Gasteiger partial charge is 0.248 e. The minimum absolute atomic E-state index is 0.0330. The number of amides is 1. The Morgan fingerprint density at radius 2 is 1.72 bits per heavy atom. The molecule has 4 rings (SSSR count). The van der Waals surface area contributed by atoms with Crippen molar-refractivity contribution in [2.45, 2.75) is 37.2 Å². The summed E-state index contributed by atoms with van der Waals surface area (Å²) in [5.74, 6) is 0.618. The van der Waals surface area contributed by atoms with Crippen LogP contribution in [0, 0.1) is 0 Å². The monoisotopic (exact) mass is 458 g/mol. The highest BCUT2D eigenvalue weighted by Gasteiger charge is 2.30. The van der Waals surface area contributed by atoms with E-state index in [0.717, 1.165) is 36.1 Å². The van der Waals surface area contributed by atoms with Crippen molar-refractivity contribution in [1.82, 2.24) is 9.21 Å². The van der Waals surface area contributed by atoms with Gasteiger partial charge in [-0.05, 0) is 66.6 Å². The second-order valence-electron chi connectivity index (χ2n) is 8.27. The van der Waals surface area contributed by atoms with Crippen LogP contribution in [0.3, 0.4) is 0 Å². The number of rotatable bonds is 7. The predicted octanol–water partition coefficient (Wildman–Crippen LogP) is 2.62. The summed E-state index contributed by atoms with van der Waals surface area (Å²) < 4.78 is 38.5. The maximum atomic E-state index is 13.1. The summed E-state index contributed by atoms with van der Waals surface area (Å²) in [6.45, 7) is 1.60. The van der Waals surface area contributed by atoms with Gasteiger partial charge in [0.1, 0.15) is 12.4 Å². The van der Waals surface area contributed by atoms with Gasteiger partial charge in [-0.15, -0.1) is 0 Å². The number of carbonyl (C=O) groups excluding carboxylic acids is 1. The molecule has 2 aliphatic rings. The lowest BCUT2D eigenvalue weighted by atomic mass is 9.92. The van der Waals surface area contributed by atoms with Crippen LogP contribution in [-0.2, 0) is 39.0 Å². The molecule has 8 heteroatoms. The van der Waals surface area contributed by atoms with Crippen molar-refractivity contribution in [1.29, 1.82) is 0 Å². The van der Waals surface area contributed by atoms with E-state index >= 15 is 0 Å². The molecule has 7 nitrogen and oxygen atoms in total. The molecular formula is C24H30N2O5S. The number of carbonyl (C=O) groups is 1. The summed E-state index contributed by atoms with van der Waals surface area (Å²) in [6, 6.07) is 13.0. The molecule has 0 bridgehead atoms. The van der Waals surface area contributed by atoms with E-state index in [1.165, 1.54) is 16.3 Å². The number of sulfonamides is 1. The van der Waals surface area contributed by atoms with Gasteiger partial charge >= 0.3 is 0 Å². The molecule has 0 spiro atoms. The molecule has 1 aliphatic heterocycles. The maximum absolute atomic E-state index is 13.1. The van der Waals surface area contributed by atoms with Crippen LogP contribution in [0.1, 0.15) is 29.5 Å². The summed E-state index contributed by atoms with van der Waals surface area (Å²) in [5, 5.41) is 0. The van der Waals surface area contributed by atoms with Crippen molar-refractivity contribution in [2.24, 2.45) is 0 Å². The Hall–Kier alpha value is -2.42. The van der Waals surface area contributed by atoms with Crippen LogP contribution in [0.15, 0.2) is 47.4 Å². The molecule has 0 N–H and O–H groups in total. The molecule has 1 aliphatic carbocycles. The molecule has 1 amide bonds. The van der Waals surface area contributed by atoms with Crippen LogP contribution in [-0.4, -0.2) is 63.4 Å². The van der Waals surface area contributed by atoms with E-state index in [1.807, 2.05) is 36.4 Å². The van der Waals surface area contributed by atoms with Gasteiger partial charge in [0, 0.05) is 26.2 Å². The zero-order valence-corrected chi connectivity index (χ0v) is 19.3. The molecule has 1 heterocycles. The van der Waals surface area contributed by atoms with Gasteiger partial charge in [0.15, 0.2) is 0 Å². The molecular weight excluding hydrogens is 428 g/mol. The molecule has 2 aromatic carbocycles. The highest BCUT2D eigenvalue weighted by Crippen LogP contribution is 2.26. The molecule has 172 valence electrons. The molecule has 2 aromatic rings. The minimum atomic E-state index is -3.55. The quantitative estimate of drug-likeness (QED) is 0.638. The number of piperazine rings is 1. The number of ether oxygens (including phenoxy) is 2. The lowest BCUT2D eigenvalue weighted by Crippen LogP contribution is -2.51. The Labute approximate surface area is 190 Å². The number of fused-ring (bicyclic) bond motifs is 1. The number of nitrogens with zero attached hydrogens (tertiary/aromatic N) is 2. The number of methoxy groups -OCH3 is 1. The second-order valence-corrected chi connectivity index (χ2v) is 10.2. The third kappa shape index (κ3) is 5.14. The van der Waals surface area contributed by atoms with Crippen molar-refractivity contribution in [3.8, 4) is 5.75 Å². The van der Waals surface area contributed by atoms with Crippen molar-refractivity contribution in [3.63, 3.8) is 0 Å². The first-order valence-corrected chi connectivity index (χ1v) is 12.5. The van der Waals surface area contributed by atoms with Crippen molar-refractivity contribution in [2.75, 3.05) is 39.9 Å². The summed E-state index contributed by atoms with van der Waals surface area (Å²) in [6.07, 6.45) is 4.24. The molecule has 0 atom stereocenters. The Balaban J connectivity index is 1.29. The fourth-order valence-electron chi connectivity index (χ4n) is 4.31. The van der Waals surface area contributed by atoms with Crippen LogP contribution >= 0.6 is 0 Å². The second kappa shape index (κ2) is 10.0. The van der Waals surface area contributed by atoms with Crippen molar-refractivity contribution >= 4 is 15.9 Å². The highest BCUT2D eigenvalue weighted by molar-refractivity contribution is 7.89. The van der Waals surface area contributed by atoms with Crippen molar-refractivity contribution < 1.29 is 22.7 Å². The van der Waals surface area contributed by atoms with E-state index < -0.39 is 10.0 Å². The first-order chi connectivity index (χ1) is 15.5. The minimum Gasteiger partial charge on any atom is -0.497 e. The van der Waals surface area contributed by atoms with Crippen molar-refractivity contribution in [3.05, 3.63) is 59.2 Å². The molecule has 1 saturated heterocycles. The number of hydrogen-bond acceptors (Lipinski definition) is 5. The van der Waals surface area contributed by atoms with E-state index in [4.69, 9.17) is 9.47 Å². The predicted molar refractivity (Wildman–Crippen MR) is 121 cm³/mol. The van der Waals surface area contributed by atoms with E-state index in [1.54, 1.807) is 18.1 Å². The van der Waals surface area contributed by atoms with E-state index in [2.05, 4.69) is 0 Å². The molecule has 1 fully saturated rings. The van der Waals surface area contributed by atoms with Crippen LogP contribution in [0.4, 0.5) is 0 Å². The summed E-state index contributed by atoms with van der Waals surface area (Å²) in [5.41, 5.74) is 3.34. The Bertz CT molecular complexity index is 1060. The summed E-state index contributed by atoms with van der Waals surface area (Å²) >= 11 is 0. The SMILES string of the molecule is COc1cccc(COCC(=O)N2CCN(S(=O)(=O)c3ccc4c(c3)CCCC4)CC2)c1. The number of benzene rings is 2. The number of aryl methyl sites for hydroxylation is 2. The Kier molecular flexibility index (Phi) is 7.13. The number of hydrogen-bond donors (Lipinski definition) is 0. The van der Waals surface area contributed by atoms with Gasteiger partial charge in [0.25, 0.3) is 0 Å². The summed E-state index contributed by atoms with van der Waals surface area (Å²) in [7, 11) is -1.95. The van der Waals surface area contributed by atoms with Crippen LogP contribution < -0.4 is 4.74 Å². The molecule has 0 unspecified atom stereocenters. The lowest BCUT2D eigenvalue weighted by molar-refractivity contribution is -0.137. The molecule has 0 radical (unpaired) electrons. The maximum Gasteiger partial charge on any atom is 0.248 e. The van der Waals surface area contributed by atoms with E-state index in [9.17, 15) is 13.2 Å². The average Bonchev–Trinajstić information content (AvgIpc) is 2.84. The lowest BCUT2D eigenvalue weighted by Gasteiger charge is -2.34. The summed E-state index contributed by atoms with van der Waals surface area (Å²) in [4.78, 5) is 14.5. The molecule has 0 aromatic heterocycles. The van der Waals surface area contributed by atoms with Crippen LogP contribution in [0.25, 0.3) is 0 Å². The van der Waals surface area contributed by atoms with Crippen LogP contribution in [0.2, 0.25) is 0 Å². The highest BCUT2D eigenvalue weighted by atomic mass is 32.2. The molecule has 32 heavy (non-hydrogen) atoms.